The van der Waals surface area contributed by atoms with Gasteiger partial charge in [-0.3, -0.25) is 0 Å². The molecule has 19 heavy (non-hydrogen) atoms. The number of methoxy groups -OCH3 is 1. The van der Waals surface area contributed by atoms with Crippen molar-refractivity contribution in [1.29, 1.82) is 0 Å². The standard InChI is InChI=1S/C16H23NO2/c1-18-16-9-13(10-17-14-6-7-14)5-8-15(16)19-11-12-3-2-4-12/h5,8-9,12,14,17H,2-4,6-7,10-11H2,1H3. The molecular formula is C16H23NO2. The molecule has 1 aromatic carbocycles. The lowest BCUT2D eigenvalue weighted by molar-refractivity contribution is 0.176. The number of hydrogen-bond acceptors (Lipinski definition) is 3. The predicted octanol–water partition coefficient (Wildman–Crippen LogP) is 3.13. The molecule has 2 aliphatic carbocycles. The molecule has 0 radical (unpaired) electrons. The molecule has 1 aromatic rings. The molecular weight excluding hydrogens is 238 g/mol. The number of benzene rings is 1. The van der Waals surface area contributed by atoms with Crippen LogP contribution >= 0.6 is 0 Å². The third-order valence-corrected chi connectivity index (χ3v) is 4.10. The van der Waals surface area contributed by atoms with Crippen LogP contribution < -0.4 is 14.8 Å². The monoisotopic (exact) mass is 261 g/mol. The second-order valence-corrected chi connectivity index (χ2v) is 5.75. The topological polar surface area (TPSA) is 30.5 Å². The van der Waals surface area contributed by atoms with Gasteiger partial charge in [0.05, 0.1) is 13.7 Å². The van der Waals surface area contributed by atoms with Gasteiger partial charge in [-0.15, -0.1) is 0 Å². The van der Waals surface area contributed by atoms with Crippen molar-refractivity contribution in [2.45, 2.75) is 44.7 Å². The summed E-state index contributed by atoms with van der Waals surface area (Å²) in [5.74, 6) is 2.49. The lowest BCUT2D eigenvalue weighted by Gasteiger charge is -2.25. The fourth-order valence-electron chi connectivity index (χ4n) is 2.36. The van der Waals surface area contributed by atoms with Crippen LogP contribution in [0, 0.1) is 5.92 Å². The number of ether oxygens (including phenoxy) is 2. The van der Waals surface area contributed by atoms with Gasteiger partial charge in [-0.2, -0.15) is 0 Å². The Labute approximate surface area is 115 Å². The molecule has 3 nitrogen and oxygen atoms in total. The van der Waals surface area contributed by atoms with Crippen LogP contribution in [0.4, 0.5) is 0 Å². The second-order valence-electron chi connectivity index (χ2n) is 5.75. The third-order valence-electron chi connectivity index (χ3n) is 4.10. The molecule has 0 spiro atoms. The van der Waals surface area contributed by atoms with E-state index in [1.165, 1.54) is 37.7 Å². The van der Waals surface area contributed by atoms with E-state index < -0.39 is 0 Å². The Bertz CT molecular complexity index is 425. The van der Waals surface area contributed by atoms with Crippen LogP contribution in [0.15, 0.2) is 18.2 Å². The minimum atomic E-state index is 0.737. The molecule has 3 heteroatoms. The normalized spacial score (nSPS) is 19.0. The second kappa shape index (κ2) is 5.83. The van der Waals surface area contributed by atoms with E-state index in [-0.39, 0.29) is 0 Å². The quantitative estimate of drug-likeness (QED) is 0.818. The van der Waals surface area contributed by atoms with E-state index in [9.17, 15) is 0 Å². The van der Waals surface area contributed by atoms with Crippen LogP contribution in [0.2, 0.25) is 0 Å². The summed E-state index contributed by atoms with van der Waals surface area (Å²) in [6, 6.07) is 7.00. The van der Waals surface area contributed by atoms with Crippen LogP contribution in [0.1, 0.15) is 37.7 Å². The Hall–Kier alpha value is -1.22. The number of rotatable bonds is 7. The van der Waals surface area contributed by atoms with Crippen molar-refractivity contribution in [3.05, 3.63) is 23.8 Å². The summed E-state index contributed by atoms with van der Waals surface area (Å²) in [6.07, 6.45) is 6.62. The van der Waals surface area contributed by atoms with Gasteiger partial charge >= 0.3 is 0 Å². The van der Waals surface area contributed by atoms with Gasteiger partial charge in [-0.1, -0.05) is 12.5 Å². The van der Waals surface area contributed by atoms with Gasteiger partial charge in [-0.05, 0) is 49.3 Å². The van der Waals surface area contributed by atoms with Crippen molar-refractivity contribution in [3.8, 4) is 11.5 Å². The van der Waals surface area contributed by atoms with Crippen molar-refractivity contribution < 1.29 is 9.47 Å². The van der Waals surface area contributed by atoms with E-state index in [0.29, 0.717) is 0 Å². The number of hydrogen-bond donors (Lipinski definition) is 1. The maximum Gasteiger partial charge on any atom is 0.161 e. The first-order chi connectivity index (χ1) is 9.35. The summed E-state index contributed by atoms with van der Waals surface area (Å²) in [5.41, 5.74) is 1.26. The molecule has 0 bridgehead atoms. The zero-order valence-corrected chi connectivity index (χ0v) is 11.7. The minimum absolute atomic E-state index is 0.737. The first-order valence-electron chi connectivity index (χ1n) is 7.38. The zero-order chi connectivity index (χ0) is 13.1. The molecule has 0 aliphatic heterocycles. The summed E-state index contributed by atoms with van der Waals surface area (Å²) in [6.45, 7) is 1.75. The molecule has 104 valence electrons. The molecule has 1 N–H and O–H groups in total. The third kappa shape index (κ3) is 3.41. The molecule has 0 aromatic heterocycles. The minimum Gasteiger partial charge on any atom is -0.493 e. The summed E-state index contributed by atoms with van der Waals surface area (Å²) >= 11 is 0. The van der Waals surface area contributed by atoms with Crippen molar-refractivity contribution >= 4 is 0 Å². The lowest BCUT2D eigenvalue weighted by Crippen LogP contribution is -2.19. The molecule has 0 atom stereocenters. The Morgan fingerprint density at radius 3 is 2.63 bits per heavy atom. The highest BCUT2D eigenvalue weighted by Crippen LogP contribution is 2.32. The number of nitrogens with one attached hydrogen (secondary N) is 1. The van der Waals surface area contributed by atoms with Gasteiger partial charge in [0.2, 0.25) is 0 Å². The largest absolute Gasteiger partial charge is 0.493 e. The van der Waals surface area contributed by atoms with Gasteiger partial charge in [0, 0.05) is 12.6 Å². The maximum atomic E-state index is 5.88. The van der Waals surface area contributed by atoms with E-state index in [0.717, 1.165) is 36.6 Å². The summed E-state index contributed by atoms with van der Waals surface area (Å²) in [7, 11) is 1.71. The van der Waals surface area contributed by atoms with E-state index in [1.807, 2.05) is 6.07 Å². The fraction of sp³-hybridized carbons (Fsp3) is 0.625. The van der Waals surface area contributed by atoms with Gasteiger partial charge in [0.1, 0.15) is 0 Å². The summed E-state index contributed by atoms with van der Waals surface area (Å²) < 4.78 is 11.3. The molecule has 2 fully saturated rings. The van der Waals surface area contributed by atoms with Gasteiger partial charge < -0.3 is 14.8 Å². The van der Waals surface area contributed by atoms with Crippen LogP contribution in [0.3, 0.4) is 0 Å². The van der Waals surface area contributed by atoms with Crippen molar-refractivity contribution in [2.24, 2.45) is 5.92 Å². The average Bonchev–Trinajstić information content (AvgIpc) is 3.19. The van der Waals surface area contributed by atoms with Crippen molar-refractivity contribution in [2.75, 3.05) is 13.7 Å². The first-order valence-corrected chi connectivity index (χ1v) is 7.38. The van der Waals surface area contributed by atoms with Gasteiger partial charge in [-0.25, -0.2) is 0 Å². The van der Waals surface area contributed by atoms with Crippen LogP contribution in [0.5, 0.6) is 11.5 Å². The Morgan fingerprint density at radius 1 is 1.16 bits per heavy atom. The smallest absolute Gasteiger partial charge is 0.161 e. The molecule has 2 saturated carbocycles. The highest BCUT2D eigenvalue weighted by atomic mass is 16.5. The van der Waals surface area contributed by atoms with Gasteiger partial charge in [0.15, 0.2) is 11.5 Å². The van der Waals surface area contributed by atoms with E-state index in [1.54, 1.807) is 7.11 Å². The van der Waals surface area contributed by atoms with Crippen LogP contribution in [-0.4, -0.2) is 19.8 Å². The predicted molar refractivity (Wildman–Crippen MR) is 75.7 cm³/mol. The molecule has 3 rings (SSSR count). The fourth-order valence-corrected chi connectivity index (χ4v) is 2.36. The average molecular weight is 261 g/mol. The zero-order valence-electron chi connectivity index (χ0n) is 11.7. The highest BCUT2D eigenvalue weighted by Gasteiger charge is 2.21. The first kappa shape index (κ1) is 12.8. The van der Waals surface area contributed by atoms with E-state index >= 15 is 0 Å². The Kier molecular flexibility index (Phi) is 3.92. The van der Waals surface area contributed by atoms with E-state index in [4.69, 9.17) is 9.47 Å². The lowest BCUT2D eigenvalue weighted by atomic mass is 9.86. The summed E-state index contributed by atoms with van der Waals surface area (Å²) in [5, 5.41) is 3.52. The molecule has 0 unspecified atom stereocenters. The molecule has 0 amide bonds. The maximum absolute atomic E-state index is 5.88. The van der Waals surface area contributed by atoms with Crippen LogP contribution in [0.25, 0.3) is 0 Å². The highest BCUT2D eigenvalue weighted by molar-refractivity contribution is 5.43. The van der Waals surface area contributed by atoms with Crippen molar-refractivity contribution in [3.63, 3.8) is 0 Å². The molecule has 2 aliphatic rings. The summed E-state index contributed by atoms with van der Waals surface area (Å²) in [4.78, 5) is 0. The van der Waals surface area contributed by atoms with Crippen molar-refractivity contribution in [1.82, 2.24) is 5.32 Å². The van der Waals surface area contributed by atoms with E-state index in [2.05, 4.69) is 17.4 Å². The molecule has 0 saturated heterocycles. The Morgan fingerprint density at radius 2 is 2.00 bits per heavy atom. The van der Waals surface area contributed by atoms with Gasteiger partial charge in [0.25, 0.3) is 0 Å². The molecule has 0 heterocycles. The SMILES string of the molecule is COc1cc(CNC2CC2)ccc1OCC1CCC1. The Balaban J connectivity index is 1.58. The van der Waals surface area contributed by atoms with Crippen LogP contribution in [-0.2, 0) is 6.54 Å².